The SMILES string of the molecule is CCCCCC(C)(C)CNCC(C)(C)CN. The first-order valence-corrected chi connectivity index (χ1v) is 6.74. The van der Waals surface area contributed by atoms with Crippen molar-refractivity contribution in [3.05, 3.63) is 0 Å². The lowest BCUT2D eigenvalue weighted by molar-refractivity contribution is 0.271. The summed E-state index contributed by atoms with van der Waals surface area (Å²) in [5.41, 5.74) is 6.35. The highest BCUT2D eigenvalue weighted by Gasteiger charge is 2.19. The zero-order valence-corrected chi connectivity index (χ0v) is 12.0. The molecule has 0 aliphatic heterocycles. The van der Waals surface area contributed by atoms with E-state index in [1.807, 2.05) is 0 Å². The Labute approximate surface area is 102 Å². The summed E-state index contributed by atoms with van der Waals surface area (Å²) in [5, 5.41) is 3.56. The first-order valence-electron chi connectivity index (χ1n) is 6.74. The van der Waals surface area contributed by atoms with Crippen molar-refractivity contribution in [3.63, 3.8) is 0 Å². The Balaban J connectivity index is 3.73. The number of nitrogens with two attached hydrogens (primary N) is 1. The fourth-order valence-electron chi connectivity index (χ4n) is 1.75. The summed E-state index contributed by atoms with van der Waals surface area (Å²) in [6.45, 7) is 14.2. The van der Waals surface area contributed by atoms with Crippen LogP contribution in [0.25, 0.3) is 0 Å². The Morgan fingerprint density at radius 3 is 2.00 bits per heavy atom. The summed E-state index contributed by atoms with van der Waals surface area (Å²) in [4.78, 5) is 0. The molecule has 0 aliphatic rings. The van der Waals surface area contributed by atoms with E-state index in [-0.39, 0.29) is 5.41 Å². The predicted octanol–water partition coefficient (Wildman–Crippen LogP) is 3.17. The average Bonchev–Trinajstić information content (AvgIpc) is 2.17. The normalized spacial score (nSPS) is 13.1. The molecule has 0 rings (SSSR count). The highest BCUT2D eigenvalue weighted by atomic mass is 14.9. The molecule has 0 atom stereocenters. The third-order valence-electron chi connectivity index (χ3n) is 3.22. The molecule has 0 aromatic heterocycles. The summed E-state index contributed by atoms with van der Waals surface area (Å²) < 4.78 is 0. The van der Waals surface area contributed by atoms with Crippen LogP contribution in [0.5, 0.6) is 0 Å². The molecular formula is C14H32N2. The van der Waals surface area contributed by atoms with Crippen LogP contribution in [0.4, 0.5) is 0 Å². The van der Waals surface area contributed by atoms with E-state index in [4.69, 9.17) is 5.73 Å². The molecule has 2 nitrogen and oxygen atoms in total. The van der Waals surface area contributed by atoms with Crippen LogP contribution in [-0.2, 0) is 0 Å². The van der Waals surface area contributed by atoms with Gasteiger partial charge < -0.3 is 11.1 Å². The molecule has 0 amide bonds. The van der Waals surface area contributed by atoms with Crippen molar-refractivity contribution in [2.24, 2.45) is 16.6 Å². The topological polar surface area (TPSA) is 38.0 Å². The molecule has 2 heteroatoms. The zero-order chi connectivity index (χ0) is 12.7. The van der Waals surface area contributed by atoms with E-state index in [9.17, 15) is 0 Å². The van der Waals surface area contributed by atoms with E-state index in [2.05, 4.69) is 39.9 Å². The summed E-state index contributed by atoms with van der Waals surface area (Å²) >= 11 is 0. The molecule has 0 saturated carbocycles. The van der Waals surface area contributed by atoms with Gasteiger partial charge in [0.15, 0.2) is 0 Å². The van der Waals surface area contributed by atoms with E-state index < -0.39 is 0 Å². The number of hydrogen-bond donors (Lipinski definition) is 2. The van der Waals surface area contributed by atoms with Crippen LogP contribution in [0.1, 0.15) is 60.3 Å². The van der Waals surface area contributed by atoms with E-state index >= 15 is 0 Å². The molecule has 0 aromatic rings. The van der Waals surface area contributed by atoms with Crippen molar-refractivity contribution < 1.29 is 0 Å². The lowest BCUT2D eigenvalue weighted by atomic mass is 9.86. The minimum Gasteiger partial charge on any atom is -0.330 e. The van der Waals surface area contributed by atoms with Gasteiger partial charge in [-0.05, 0) is 23.8 Å². The first kappa shape index (κ1) is 15.9. The third-order valence-corrected chi connectivity index (χ3v) is 3.22. The molecule has 0 aromatic carbocycles. The number of nitrogens with one attached hydrogen (secondary N) is 1. The molecule has 98 valence electrons. The van der Waals surface area contributed by atoms with Crippen molar-refractivity contribution in [3.8, 4) is 0 Å². The highest BCUT2D eigenvalue weighted by molar-refractivity contribution is 4.76. The molecule has 3 N–H and O–H groups in total. The Bertz CT molecular complexity index is 174. The minimum atomic E-state index is 0.222. The molecule has 0 bridgehead atoms. The molecule has 0 heterocycles. The summed E-state index contributed by atoms with van der Waals surface area (Å²) in [7, 11) is 0. The van der Waals surface area contributed by atoms with Crippen molar-refractivity contribution in [2.45, 2.75) is 60.3 Å². The Morgan fingerprint density at radius 2 is 1.50 bits per heavy atom. The quantitative estimate of drug-likeness (QED) is 0.595. The van der Waals surface area contributed by atoms with Crippen LogP contribution < -0.4 is 11.1 Å². The van der Waals surface area contributed by atoms with Crippen molar-refractivity contribution >= 4 is 0 Å². The van der Waals surface area contributed by atoms with Gasteiger partial charge in [-0.2, -0.15) is 0 Å². The number of rotatable bonds is 9. The van der Waals surface area contributed by atoms with Crippen LogP contribution in [-0.4, -0.2) is 19.6 Å². The van der Waals surface area contributed by atoms with Gasteiger partial charge in [0.2, 0.25) is 0 Å². The van der Waals surface area contributed by atoms with Gasteiger partial charge in [-0.1, -0.05) is 53.9 Å². The smallest absolute Gasteiger partial charge is 0.00148 e. The fourth-order valence-corrected chi connectivity index (χ4v) is 1.75. The predicted molar refractivity (Wildman–Crippen MR) is 73.6 cm³/mol. The van der Waals surface area contributed by atoms with Gasteiger partial charge in [0, 0.05) is 13.1 Å². The monoisotopic (exact) mass is 228 g/mol. The molecule has 0 spiro atoms. The van der Waals surface area contributed by atoms with Crippen LogP contribution in [0.3, 0.4) is 0 Å². The van der Waals surface area contributed by atoms with Gasteiger partial charge in [-0.3, -0.25) is 0 Å². The second-order valence-electron chi connectivity index (χ2n) is 6.59. The Hall–Kier alpha value is -0.0800. The van der Waals surface area contributed by atoms with Gasteiger partial charge in [-0.25, -0.2) is 0 Å². The van der Waals surface area contributed by atoms with Crippen molar-refractivity contribution in [1.29, 1.82) is 0 Å². The van der Waals surface area contributed by atoms with Gasteiger partial charge in [0.1, 0.15) is 0 Å². The van der Waals surface area contributed by atoms with Crippen LogP contribution in [0.2, 0.25) is 0 Å². The van der Waals surface area contributed by atoms with Crippen LogP contribution in [0.15, 0.2) is 0 Å². The van der Waals surface area contributed by atoms with E-state index in [1.54, 1.807) is 0 Å². The van der Waals surface area contributed by atoms with E-state index in [0.29, 0.717) is 5.41 Å². The molecular weight excluding hydrogens is 196 g/mol. The molecule has 0 saturated heterocycles. The number of unbranched alkanes of at least 4 members (excludes halogenated alkanes) is 2. The lowest BCUT2D eigenvalue weighted by Gasteiger charge is -2.29. The van der Waals surface area contributed by atoms with Gasteiger partial charge >= 0.3 is 0 Å². The maximum absolute atomic E-state index is 5.71. The second kappa shape index (κ2) is 7.29. The minimum absolute atomic E-state index is 0.222. The average molecular weight is 228 g/mol. The zero-order valence-electron chi connectivity index (χ0n) is 12.0. The van der Waals surface area contributed by atoms with Crippen molar-refractivity contribution in [1.82, 2.24) is 5.32 Å². The van der Waals surface area contributed by atoms with Gasteiger partial charge in [0.05, 0.1) is 0 Å². The summed E-state index contributed by atoms with van der Waals surface area (Å²) in [6, 6.07) is 0. The van der Waals surface area contributed by atoms with E-state index in [0.717, 1.165) is 19.6 Å². The van der Waals surface area contributed by atoms with Gasteiger partial charge in [-0.15, -0.1) is 0 Å². The Kier molecular flexibility index (Phi) is 7.25. The Morgan fingerprint density at radius 1 is 0.938 bits per heavy atom. The summed E-state index contributed by atoms with van der Waals surface area (Å²) in [6.07, 6.45) is 5.34. The molecule has 0 fully saturated rings. The van der Waals surface area contributed by atoms with Crippen molar-refractivity contribution in [2.75, 3.05) is 19.6 Å². The maximum atomic E-state index is 5.71. The molecule has 0 aliphatic carbocycles. The van der Waals surface area contributed by atoms with E-state index in [1.165, 1.54) is 25.7 Å². The molecule has 0 unspecified atom stereocenters. The standard InChI is InChI=1S/C14H32N2/c1-6-7-8-9-13(2,3)11-16-12-14(4,5)10-15/h16H,6-12,15H2,1-5H3. The second-order valence-corrected chi connectivity index (χ2v) is 6.59. The highest BCUT2D eigenvalue weighted by Crippen LogP contribution is 2.23. The maximum Gasteiger partial charge on any atom is 0.00148 e. The van der Waals surface area contributed by atoms with Crippen LogP contribution >= 0.6 is 0 Å². The lowest BCUT2D eigenvalue weighted by Crippen LogP contribution is -2.39. The molecule has 0 radical (unpaired) electrons. The third kappa shape index (κ3) is 8.12. The van der Waals surface area contributed by atoms with Gasteiger partial charge in [0.25, 0.3) is 0 Å². The largest absolute Gasteiger partial charge is 0.330 e. The number of hydrogen-bond acceptors (Lipinski definition) is 2. The first-order chi connectivity index (χ1) is 7.33. The van der Waals surface area contributed by atoms with Crippen LogP contribution in [0, 0.1) is 10.8 Å². The fraction of sp³-hybridized carbons (Fsp3) is 1.00. The molecule has 16 heavy (non-hydrogen) atoms. The summed E-state index contributed by atoms with van der Waals surface area (Å²) in [5.74, 6) is 0.